The van der Waals surface area contributed by atoms with Gasteiger partial charge in [0.1, 0.15) is 0 Å². The van der Waals surface area contributed by atoms with Crippen LogP contribution < -0.4 is 0 Å². The lowest BCUT2D eigenvalue weighted by Gasteiger charge is -2.15. The van der Waals surface area contributed by atoms with Crippen molar-refractivity contribution in [3.8, 4) is 22.5 Å². The van der Waals surface area contributed by atoms with Crippen LogP contribution in [-0.2, 0) is 0 Å². The van der Waals surface area contributed by atoms with Crippen molar-refractivity contribution in [2.45, 2.75) is 12.8 Å². The second kappa shape index (κ2) is 7.78. The highest BCUT2D eigenvalue weighted by Crippen LogP contribution is 2.35. The van der Waals surface area contributed by atoms with Crippen molar-refractivity contribution in [3.05, 3.63) is 82.5 Å². The number of benzene rings is 2. The first-order valence-corrected chi connectivity index (χ1v) is 10.7. The fourth-order valence-corrected chi connectivity index (χ4v) is 4.27. The summed E-state index contributed by atoms with van der Waals surface area (Å²) < 4.78 is 2.00. The van der Waals surface area contributed by atoms with Gasteiger partial charge in [-0.05, 0) is 49.2 Å². The third-order valence-electron chi connectivity index (χ3n) is 5.51. The molecule has 4 nitrogen and oxygen atoms in total. The van der Waals surface area contributed by atoms with E-state index in [4.69, 9.17) is 28.2 Å². The smallest absolute Gasteiger partial charge is 0.257 e. The molecule has 1 aliphatic rings. The van der Waals surface area contributed by atoms with Crippen LogP contribution in [0.25, 0.3) is 28.2 Å². The summed E-state index contributed by atoms with van der Waals surface area (Å²) in [6.45, 7) is 1.60. The lowest BCUT2D eigenvalue weighted by molar-refractivity contribution is 0.0794. The molecule has 2 aromatic carbocycles. The maximum absolute atomic E-state index is 13.2. The predicted molar refractivity (Wildman–Crippen MR) is 121 cm³/mol. The first kappa shape index (κ1) is 19.2. The maximum Gasteiger partial charge on any atom is 0.257 e. The highest BCUT2D eigenvalue weighted by atomic mass is 35.5. The van der Waals surface area contributed by atoms with Gasteiger partial charge in [0.25, 0.3) is 5.91 Å². The Morgan fingerprint density at radius 1 is 0.833 bits per heavy atom. The number of amides is 1. The summed E-state index contributed by atoms with van der Waals surface area (Å²) in [5.41, 5.74) is 4.91. The van der Waals surface area contributed by atoms with E-state index in [0.29, 0.717) is 21.3 Å². The number of aromatic nitrogens is 2. The number of halogens is 2. The molecule has 3 heterocycles. The molecule has 0 radical (unpaired) electrons. The van der Waals surface area contributed by atoms with Crippen molar-refractivity contribution in [3.63, 3.8) is 0 Å². The van der Waals surface area contributed by atoms with E-state index in [-0.39, 0.29) is 5.91 Å². The SMILES string of the molecule is O=C(c1cccn2c(-c3ccc(Cl)cc3)c(-c3ccc(Cl)cc3)nc12)N1CCCC1. The average molecular weight is 436 g/mol. The van der Waals surface area contributed by atoms with Crippen LogP contribution in [0.3, 0.4) is 0 Å². The van der Waals surface area contributed by atoms with Crippen LogP contribution in [0.2, 0.25) is 10.0 Å². The van der Waals surface area contributed by atoms with Crippen molar-refractivity contribution < 1.29 is 4.79 Å². The number of likely N-dealkylation sites (tertiary alicyclic amines) is 1. The van der Waals surface area contributed by atoms with Crippen LogP contribution in [0.4, 0.5) is 0 Å². The Morgan fingerprint density at radius 3 is 2.07 bits per heavy atom. The van der Waals surface area contributed by atoms with Crippen LogP contribution in [0, 0.1) is 0 Å². The van der Waals surface area contributed by atoms with Crippen LogP contribution in [0.5, 0.6) is 0 Å². The molecule has 5 rings (SSSR count). The van der Waals surface area contributed by atoms with Crippen LogP contribution in [-0.4, -0.2) is 33.3 Å². The van der Waals surface area contributed by atoms with Crippen molar-refractivity contribution in [1.82, 2.24) is 14.3 Å². The van der Waals surface area contributed by atoms with Gasteiger partial charge in [-0.3, -0.25) is 9.20 Å². The molecule has 150 valence electrons. The zero-order valence-electron chi connectivity index (χ0n) is 16.2. The molecule has 0 spiro atoms. The van der Waals surface area contributed by atoms with E-state index in [9.17, 15) is 4.79 Å². The Labute approximate surface area is 184 Å². The summed E-state index contributed by atoms with van der Waals surface area (Å²) in [5, 5.41) is 1.34. The topological polar surface area (TPSA) is 37.6 Å². The van der Waals surface area contributed by atoms with Crippen molar-refractivity contribution in [2.24, 2.45) is 0 Å². The summed E-state index contributed by atoms with van der Waals surface area (Å²) in [7, 11) is 0. The molecule has 0 atom stereocenters. The molecule has 0 unspecified atom stereocenters. The number of rotatable bonds is 3. The Balaban J connectivity index is 1.75. The Morgan fingerprint density at radius 2 is 1.43 bits per heavy atom. The Hall–Kier alpha value is -2.82. The van der Waals surface area contributed by atoms with Crippen LogP contribution in [0.1, 0.15) is 23.2 Å². The first-order chi connectivity index (χ1) is 14.6. The van der Waals surface area contributed by atoms with E-state index in [1.54, 1.807) is 0 Å². The van der Waals surface area contributed by atoms with Gasteiger partial charge in [-0.1, -0.05) is 47.5 Å². The molecule has 2 aromatic heterocycles. The predicted octanol–water partition coefficient (Wildman–Crippen LogP) is 6.21. The highest BCUT2D eigenvalue weighted by Gasteiger charge is 2.25. The molecule has 0 saturated carbocycles. The second-order valence-electron chi connectivity index (χ2n) is 7.44. The minimum atomic E-state index is 0.0356. The molecule has 1 aliphatic heterocycles. The van der Waals surface area contributed by atoms with Crippen molar-refractivity contribution in [2.75, 3.05) is 13.1 Å². The fraction of sp³-hybridized carbons (Fsp3) is 0.167. The summed E-state index contributed by atoms with van der Waals surface area (Å²) in [6.07, 6.45) is 4.05. The third kappa shape index (κ3) is 3.36. The molecule has 0 bridgehead atoms. The number of carbonyl (C=O) groups is 1. The van der Waals surface area contributed by atoms with Crippen LogP contribution >= 0.6 is 23.2 Å². The van der Waals surface area contributed by atoms with Gasteiger partial charge in [0.2, 0.25) is 0 Å². The number of nitrogens with zero attached hydrogens (tertiary/aromatic N) is 3. The van der Waals surface area contributed by atoms with Gasteiger partial charge in [-0.2, -0.15) is 0 Å². The minimum Gasteiger partial charge on any atom is -0.339 e. The zero-order valence-corrected chi connectivity index (χ0v) is 17.7. The second-order valence-corrected chi connectivity index (χ2v) is 8.31. The van der Waals surface area contributed by atoms with Crippen molar-refractivity contribution >= 4 is 34.8 Å². The summed E-state index contributed by atoms with van der Waals surface area (Å²) in [6, 6.07) is 19.0. The highest BCUT2D eigenvalue weighted by molar-refractivity contribution is 6.31. The first-order valence-electron chi connectivity index (χ1n) is 9.94. The van der Waals surface area contributed by atoms with Gasteiger partial charge in [-0.25, -0.2) is 4.98 Å². The molecule has 4 aromatic rings. The fourth-order valence-electron chi connectivity index (χ4n) is 4.02. The number of carbonyl (C=O) groups excluding carboxylic acids is 1. The number of pyridine rings is 1. The molecule has 30 heavy (non-hydrogen) atoms. The summed E-state index contributed by atoms with van der Waals surface area (Å²) in [5.74, 6) is 0.0356. The van der Waals surface area contributed by atoms with E-state index < -0.39 is 0 Å². The molecular weight excluding hydrogens is 417 g/mol. The van der Waals surface area contributed by atoms with Gasteiger partial charge in [-0.15, -0.1) is 0 Å². The third-order valence-corrected chi connectivity index (χ3v) is 6.01. The average Bonchev–Trinajstić information content (AvgIpc) is 3.42. The number of imidazole rings is 1. The molecule has 1 saturated heterocycles. The zero-order chi connectivity index (χ0) is 20.7. The molecule has 1 fully saturated rings. The lowest BCUT2D eigenvalue weighted by atomic mass is 10.0. The number of fused-ring (bicyclic) bond motifs is 1. The van der Waals surface area contributed by atoms with Gasteiger partial charge < -0.3 is 4.90 Å². The summed E-state index contributed by atoms with van der Waals surface area (Å²) >= 11 is 12.2. The molecule has 6 heteroatoms. The van der Waals surface area contributed by atoms with E-state index in [2.05, 4.69) is 0 Å². The van der Waals surface area contributed by atoms with E-state index in [1.807, 2.05) is 76.2 Å². The van der Waals surface area contributed by atoms with Gasteiger partial charge in [0, 0.05) is 40.5 Å². The van der Waals surface area contributed by atoms with Gasteiger partial charge in [0.15, 0.2) is 5.65 Å². The van der Waals surface area contributed by atoms with Gasteiger partial charge in [0.05, 0.1) is 17.0 Å². The molecule has 1 amide bonds. The van der Waals surface area contributed by atoms with E-state index in [1.165, 1.54) is 0 Å². The minimum absolute atomic E-state index is 0.0356. The Kier molecular flexibility index (Phi) is 4.97. The Bertz CT molecular complexity index is 1220. The molecule has 0 aliphatic carbocycles. The summed E-state index contributed by atoms with van der Waals surface area (Å²) in [4.78, 5) is 20.0. The number of hydrogen-bond donors (Lipinski definition) is 0. The van der Waals surface area contributed by atoms with Crippen molar-refractivity contribution in [1.29, 1.82) is 0 Å². The van der Waals surface area contributed by atoms with E-state index in [0.717, 1.165) is 48.4 Å². The van der Waals surface area contributed by atoms with Gasteiger partial charge >= 0.3 is 0 Å². The maximum atomic E-state index is 13.2. The monoisotopic (exact) mass is 435 g/mol. The number of hydrogen-bond acceptors (Lipinski definition) is 2. The standard InChI is InChI=1S/C24H19Cl2N3O/c25-18-9-5-16(6-10-18)21-22(17-7-11-19(26)12-8-17)29-15-3-4-20(23(29)27-21)24(30)28-13-1-2-14-28/h3-12,15H,1-2,13-14H2. The van der Waals surface area contributed by atoms with Crippen LogP contribution in [0.15, 0.2) is 66.9 Å². The lowest BCUT2D eigenvalue weighted by Crippen LogP contribution is -2.28. The molecular formula is C24H19Cl2N3O. The van der Waals surface area contributed by atoms with E-state index >= 15 is 0 Å². The normalized spacial score (nSPS) is 13.9. The quantitative estimate of drug-likeness (QED) is 0.383. The molecule has 0 N–H and O–H groups in total. The largest absolute Gasteiger partial charge is 0.339 e.